The van der Waals surface area contributed by atoms with E-state index in [-0.39, 0.29) is 29.1 Å². The molecule has 1 N–H and O–H groups in total. The van der Waals surface area contributed by atoms with Gasteiger partial charge < -0.3 is 10.1 Å². The van der Waals surface area contributed by atoms with Crippen LogP contribution in [0.15, 0.2) is 53.4 Å². The van der Waals surface area contributed by atoms with E-state index in [0.29, 0.717) is 16.5 Å². The Labute approximate surface area is 152 Å². The Balaban J connectivity index is 1.92. The molecule has 0 aliphatic carbocycles. The summed E-state index contributed by atoms with van der Waals surface area (Å²) in [5.74, 6) is 0.0490. The molecule has 7 heteroatoms. The molecule has 5 nitrogen and oxygen atoms in total. The number of ether oxygens (including phenoxy) is 1. The highest BCUT2D eigenvalue weighted by molar-refractivity contribution is 7.91. The van der Waals surface area contributed by atoms with Crippen LogP contribution in [-0.2, 0) is 14.6 Å². The third-order valence-electron chi connectivity index (χ3n) is 3.26. The first-order chi connectivity index (χ1) is 11.8. The summed E-state index contributed by atoms with van der Waals surface area (Å²) in [7, 11) is -3.56. The van der Waals surface area contributed by atoms with Gasteiger partial charge in [0.1, 0.15) is 5.75 Å². The summed E-state index contributed by atoms with van der Waals surface area (Å²) in [6.07, 6.45) is -0.0730. The number of hydrogen-bond donors (Lipinski definition) is 1. The van der Waals surface area contributed by atoms with Crippen molar-refractivity contribution in [2.24, 2.45) is 0 Å². The minimum atomic E-state index is -3.56. The van der Waals surface area contributed by atoms with Crippen molar-refractivity contribution in [3.8, 4) is 5.75 Å². The molecule has 1 amide bonds. The highest BCUT2D eigenvalue weighted by Gasteiger charge is 2.17. The molecule has 2 aromatic carbocycles. The van der Waals surface area contributed by atoms with Crippen LogP contribution in [0.25, 0.3) is 0 Å². The lowest BCUT2D eigenvalue weighted by Crippen LogP contribution is -2.17. The zero-order valence-corrected chi connectivity index (χ0v) is 15.6. The largest absolute Gasteiger partial charge is 0.491 e. The van der Waals surface area contributed by atoms with Gasteiger partial charge >= 0.3 is 0 Å². The highest BCUT2D eigenvalue weighted by atomic mass is 35.5. The molecule has 0 unspecified atom stereocenters. The Hall–Kier alpha value is -2.05. The van der Waals surface area contributed by atoms with E-state index < -0.39 is 9.84 Å². The summed E-state index contributed by atoms with van der Waals surface area (Å²) in [5.41, 5.74) is 0.584. The van der Waals surface area contributed by atoms with E-state index in [1.807, 2.05) is 13.8 Å². The number of carbonyl (C=O) groups excluding carboxylic acids is 1. The van der Waals surface area contributed by atoms with Gasteiger partial charge in [-0.2, -0.15) is 0 Å². The maximum Gasteiger partial charge on any atom is 0.225 e. The van der Waals surface area contributed by atoms with Crippen molar-refractivity contribution in [3.63, 3.8) is 0 Å². The highest BCUT2D eigenvalue weighted by Crippen LogP contribution is 2.19. The molecule has 0 saturated carbocycles. The summed E-state index contributed by atoms with van der Waals surface area (Å²) in [6.45, 7) is 3.85. The van der Waals surface area contributed by atoms with Gasteiger partial charge in [0, 0.05) is 17.1 Å². The Morgan fingerprint density at radius 1 is 1.16 bits per heavy atom. The number of hydrogen-bond acceptors (Lipinski definition) is 4. The smallest absolute Gasteiger partial charge is 0.225 e. The number of anilines is 1. The second kappa shape index (κ2) is 8.36. The fourth-order valence-electron chi connectivity index (χ4n) is 2.12. The van der Waals surface area contributed by atoms with Gasteiger partial charge in [-0.3, -0.25) is 4.79 Å². The molecule has 0 aliphatic heterocycles. The quantitative estimate of drug-likeness (QED) is 0.788. The number of amides is 1. The molecule has 0 aromatic heterocycles. The van der Waals surface area contributed by atoms with Gasteiger partial charge in [0.15, 0.2) is 9.84 Å². The van der Waals surface area contributed by atoms with Crippen LogP contribution in [0, 0.1) is 0 Å². The summed E-state index contributed by atoms with van der Waals surface area (Å²) in [4.78, 5) is 12.1. The summed E-state index contributed by atoms with van der Waals surface area (Å²) in [6, 6.07) is 12.9. The number of carbonyl (C=O) groups is 1. The first-order valence-corrected chi connectivity index (χ1v) is 9.84. The Kier molecular flexibility index (Phi) is 6.45. The van der Waals surface area contributed by atoms with Crippen LogP contribution < -0.4 is 10.1 Å². The SMILES string of the molecule is CC(C)Oc1ccc(NC(=O)CCS(=O)(=O)c2cccc(Cl)c2)cc1. The molecule has 134 valence electrons. The van der Waals surface area contributed by atoms with Gasteiger partial charge in [0.05, 0.1) is 16.8 Å². The summed E-state index contributed by atoms with van der Waals surface area (Å²) in [5, 5.41) is 3.01. The van der Waals surface area contributed by atoms with Gasteiger partial charge in [-0.05, 0) is 56.3 Å². The van der Waals surface area contributed by atoms with E-state index >= 15 is 0 Å². The first-order valence-electron chi connectivity index (χ1n) is 7.81. The third kappa shape index (κ3) is 6.07. The van der Waals surface area contributed by atoms with Crippen molar-refractivity contribution < 1.29 is 17.9 Å². The van der Waals surface area contributed by atoms with Crippen LogP contribution in [0.3, 0.4) is 0 Å². The molecule has 2 aromatic rings. The Bertz CT molecular complexity index is 832. The topological polar surface area (TPSA) is 72.5 Å². The van der Waals surface area contributed by atoms with Crippen LogP contribution in [-0.4, -0.2) is 26.2 Å². The van der Waals surface area contributed by atoms with Crippen LogP contribution in [0.2, 0.25) is 5.02 Å². The number of sulfone groups is 1. The Morgan fingerprint density at radius 2 is 1.84 bits per heavy atom. The predicted octanol–water partition coefficient (Wildman–Crippen LogP) is 3.93. The number of halogens is 1. The monoisotopic (exact) mass is 381 g/mol. The zero-order valence-electron chi connectivity index (χ0n) is 14.0. The molecule has 2 rings (SSSR count). The maximum absolute atomic E-state index is 12.2. The lowest BCUT2D eigenvalue weighted by Gasteiger charge is -2.11. The van der Waals surface area contributed by atoms with Crippen molar-refractivity contribution in [3.05, 3.63) is 53.6 Å². The standard InChI is InChI=1S/C18H20ClNO4S/c1-13(2)24-16-8-6-15(7-9-16)20-18(21)10-11-25(22,23)17-5-3-4-14(19)12-17/h3-9,12-13H,10-11H2,1-2H3,(H,20,21). The lowest BCUT2D eigenvalue weighted by molar-refractivity contribution is -0.115. The summed E-state index contributed by atoms with van der Waals surface area (Å²) < 4.78 is 30.0. The van der Waals surface area contributed by atoms with Crippen molar-refractivity contribution in [1.82, 2.24) is 0 Å². The van der Waals surface area contributed by atoms with E-state index in [2.05, 4.69) is 5.32 Å². The molecule has 0 spiro atoms. The van der Waals surface area contributed by atoms with Gasteiger partial charge in [-0.15, -0.1) is 0 Å². The predicted molar refractivity (Wildman–Crippen MR) is 99.0 cm³/mol. The van der Waals surface area contributed by atoms with Crippen LogP contribution in [0.4, 0.5) is 5.69 Å². The average molecular weight is 382 g/mol. The minimum absolute atomic E-state index is 0.0668. The second-order valence-corrected chi connectivity index (χ2v) is 8.31. The minimum Gasteiger partial charge on any atom is -0.491 e. The van der Waals surface area contributed by atoms with Crippen molar-refractivity contribution >= 4 is 33.0 Å². The van der Waals surface area contributed by atoms with E-state index in [1.54, 1.807) is 36.4 Å². The van der Waals surface area contributed by atoms with E-state index in [0.717, 1.165) is 0 Å². The van der Waals surface area contributed by atoms with Gasteiger partial charge in [-0.1, -0.05) is 17.7 Å². The van der Waals surface area contributed by atoms with Crippen molar-refractivity contribution in [1.29, 1.82) is 0 Å². The molecular weight excluding hydrogens is 362 g/mol. The molecule has 0 aliphatic rings. The molecule has 0 heterocycles. The van der Waals surface area contributed by atoms with Gasteiger partial charge in [-0.25, -0.2) is 8.42 Å². The number of rotatable bonds is 7. The fraction of sp³-hybridized carbons (Fsp3) is 0.278. The molecule has 0 radical (unpaired) electrons. The fourth-order valence-corrected chi connectivity index (χ4v) is 3.66. The molecule has 0 saturated heterocycles. The van der Waals surface area contributed by atoms with Gasteiger partial charge in [0.2, 0.25) is 5.91 Å². The van der Waals surface area contributed by atoms with E-state index in [1.165, 1.54) is 12.1 Å². The van der Waals surface area contributed by atoms with E-state index in [9.17, 15) is 13.2 Å². The molecule has 25 heavy (non-hydrogen) atoms. The number of nitrogens with one attached hydrogen (secondary N) is 1. The van der Waals surface area contributed by atoms with Crippen LogP contribution in [0.5, 0.6) is 5.75 Å². The number of benzene rings is 2. The van der Waals surface area contributed by atoms with Crippen LogP contribution in [0.1, 0.15) is 20.3 Å². The van der Waals surface area contributed by atoms with Crippen LogP contribution >= 0.6 is 11.6 Å². The first kappa shape index (κ1) is 19.3. The molecule has 0 fully saturated rings. The van der Waals surface area contributed by atoms with Gasteiger partial charge in [0.25, 0.3) is 0 Å². The molecule has 0 bridgehead atoms. The third-order valence-corrected chi connectivity index (χ3v) is 5.21. The average Bonchev–Trinajstić information content (AvgIpc) is 2.54. The molecular formula is C18H20ClNO4S. The second-order valence-electron chi connectivity index (χ2n) is 5.77. The summed E-state index contributed by atoms with van der Waals surface area (Å²) >= 11 is 5.81. The van der Waals surface area contributed by atoms with Crippen molar-refractivity contribution in [2.75, 3.05) is 11.1 Å². The normalized spacial score (nSPS) is 11.4. The lowest BCUT2D eigenvalue weighted by atomic mass is 10.3. The van der Waals surface area contributed by atoms with E-state index in [4.69, 9.17) is 16.3 Å². The maximum atomic E-state index is 12.2. The zero-order chi connectivity index (χ0) is 18.4. The Morgan fingerprint density at radius 3 is 2.44 bits per heavy atom. The van der Waals surface area contributed by atoms with Crippen molar-refractivity contribution in [2.45, 2.75) is 31.3 Å². The molecule has 0 atom stereocenters.